The van der Waals surface area contributed by atoms with Crippen LogP contribution in [-0.4, -0.2) is 41.8 Å². The van der Waals surface area contributed by atoms with Crippen molar-refractivity contribution in [3.63, 3.8) is 0 Å². The summed E-state index contributed by atoms with van der Waals surface area (Å²) in [7, 11) is 1.62. The number of nitrogen functional groups attached to an aromatic ring is 1. The minimum atomic E-state index is -0.411. The van der Waals surface area contributed by atoms with E-state index in [2.05, 4.69) is 0 Å². The number of carbonyl (C=O) groups excluding carboxylic acids is 2. The van der Waals surface area contributed by atoms with E-state index in [-0.39, 0.29) is 23.7 Å². The fourth-order valence-electron chi connectivity index (χ4n) is 4.76. The molecule has 8 nitrogen and oxygen atoms in total. The predicted molar refractivity (Wildman–Crippen MR) is 179 cm³/mol. The SMILES string of the molecule is CC.CC(=O)OC1=CC=CCC=C1.COC1=CC=CC(C2C=C(c3cc(O)ccc3N)CCN2C(=O)Oc2ccccc2)C=C1. The van der Waals surface area contributed by atoms with Crippen LogP contribution < -0.4 is 10.5 Å². The first-order valence-electron chi connectivity index (χ1n) is 15.0. The lowest BCUT2D eigenvalue weighted by Crippen LogP contribution is -2.46. The highest BCUT2D eigenvalue weighted by atomic mass is 16.6. The van der Waals surface area contributed by atoms with E-state index >= 15 is 0 Å². The van der Waals surface area contributed by atoms with Gasteiger partial charge in [-0.05, 0) is 73.1 Å². The molecule has 0 fully saturated rings. The maximum absolute atomic E-state index is 13.1. The van der Waals surface area contributed by atoms with Crippen molar-refractivity contribution in [2.24, 2.45) is 5.92 Å². The van der Waals surface area contributed by atoms with Gasteiger partial charge in [0.2, 0.25) is 0 Å². The number of phenols is 1. The van der Waals surface area contributed by atoms with E-state index in [0.717, 1.165) is 23.3 Å². The zero-order valence-corrected chi connectivity index (χ0v) is 26.3. The number of para-hydroxylation sites is 1. The van der Waals surface area contributed by atoms with Crippen LogP contribution in [0.25, 0.3) is 5.57 Å². The first-order chi connectivity index (χ1) is 21.8. The summed E-state index contributed by atoms with van der Waals surface area (Å²) in [4.78, 5) is 25.3. The molecule has 3 N–H and O–H groups in total. The molecule has 0 bridgehead atoms. The number of carbonyl (C=O) groups is 2. The predicted octanol–water partition coefficient (Wildman–Crippen LogP) is 7.88. The van der Waals surface area contributed by atoms with E-state index in [9.17, 15) is 14.7 Å². The number of phenolic OH excluding ortho intramolecular Hbond substituents is 1. The summed E-state index contributed by atoms with van der Waals surface area (Å²) in [6.07, 6.45) is 22.2. The van der Waals surface area contributed by atoms with Crippen LogP contribution in [0.4, 0.5) is 10.5 Å². The van der Waals surface area contributed by atoms with E-state index in [0.29, 0.717) is 30.2 Å². The Bertz CT molecular complexity index is 1510. The van der Waals surface area contributed by atoms with Gasteiger partial charge in [0, 0.05) is 30.6 Å². The Morgan fingerprint density at radius 2 is 1.69 bits per heavy atom. The number of nitrogens with two attached hydrogens (primary N) is 1. The second-order valence-electron chi connectivity index (χ2n) is 9.90. The molecule has 5 rings (SSSR count). The lowest BCUT2D eigenvalue weighted by Gasteiger charge is -2.36. The Hall–Kier alpha value is -5.24. The van der Waals surface area contributed by atoms with Crippen LogP contribution >= 0.6 is 0 Å². The Morgan fingerprint density at radius 1 is 0.933 bits per heavy atom. The van der Waals surface area contributed by atoms with Gasteiger partial charge < -0.3 is 30.0 Å². The number of aromatic hydroxyl groups is 1. The number of esters is 1. The summed E-state index contributed by atoms with van der Waals surface area (Å²) < 4.78 is 15.8. The topological polar surface area (TPSA) is 111 Å². The number of ether oxygens (including phenoxy) is 3. The average Bonchev–Trinajstić information content (AvgIpc) is 3.46. The van der Waals surface area contributed by atoms with Gasteiger partial charge in [0.1, 0.15) is 23.0 Å². The molecule has 2 atom stereocenters. The van der Waals surface area contributed by atoms with Crippen molar-refractivity contribution in [2.75, 3.05) is 19.4 Å². The molecule has 0 spiro atoms. The maximum Gasteiger partial charge on any atom is 0.415 e. The summed E-state index contributed by atoms with van der Waals surface area (Å²) in [5.74, 6) is 1.61. The quantitative estimate of drug-likeness (QED) is 0.201. The Kier molecular flexibility index (Phi) is 13.5. The zero-order chi connectivity index (χ0) is 32.6. The van der Waals surface area contributed by atoms with Gasteiger partial charge in [-0.25, -0.2) is 4.79 Å². The molecule has 45 heavy (non-hydrogen) atoms. The standard InChI is InChI=1S/C26H26N2O4.C9H10O2.C2H6/c1-31-21-9-5-6-18(10-12-21)25-16-19(23-17-20(29)11-13-24(23)27)14-15-28(25)26(30)32-22-7-3-2-4-8-22;1-8(10)11-9-6-4-2-3-5-7-9;1-2/h2-13,16-18,25,29H,14-15,27H2,1H3;2,4-7H,3H2,1H3;1-2H3. The third-order valence-electron chi connectivity index (χ3n) is 6.84. The molecule has 236 valence electrons. The van der Waals surface area contributed by atoms with Gasteiger partial charge in [-0.15, -0.1) is 0 Å². The molecule has 2 aromatic carbocycles. The van der Waals surface area contributed by atoms with Crippen LogP contribution in [0.3, 0.4) is 0 Å². The third kappa shape index (κ3) is 10.5. The van der Waals surface area contributed by atoms with Crippen molar-refractivity contribution >= 4 is 23.3 Å². The van der Waals surface area contributed by atoms with Gasteiger partial charge in [-0.1, -0.05) is 74.6 Å². The molecule has 1 aliphatic heterocycles. The summed E-state index contributed by atoms with van der Waals surface area (Å²) in [6.45, 7) is 5.85. The average molecular weight is 611 g/mol. The van der Waals surface area contributed by atoms with Crippen molar-refractivity contribution < 1.29 is 28.9 Å². The Balaban J connectivity index is 0.000000357. The highest BCUT2D eigenvalue weighted by Gasteiger charge is 2.32. The Morgan fingerprint density at radius 3 is 2.42 bits per heavy atom. The second kappa shape index (κ2) is 17.8. The summed E-state index contributed by atoms with van der Waals surface area (Å²) >= 11 is 0. The van der Waals surface area contributed by atoms with Crippen LogP contribution in [0.15, 0.2) is 127 Å². The van der Waals surface area contributed by atoms with Crippen LogP contribution in [0, 0.1) is 5.92 Å². The molecular formula is C37H42N2O6. The molecule has 2 aliphatic carbocycles. The molecule has 0 saturated heterocycles. The zero-order valence-electron chi connectivity index (χ0n) is 26.3. The molecule has 0 saturated carbocycles. The van der Waals surface area contributed by atoms with Crippen molar-refractivity contribution in [2.45, 2.75) is 39.7 Å². The first kappa shape index (κ1) is 34.3. The lowest BCUT2D eigenvalue weighted by atomic mass is 9.88. The fourth-order valence-corrected chi connectivity index (χ4v) is 4.76. The highest BCUT2D eigenvalue weighted by molar-refractivity contribution is 5.80. The monoisotopic (exact) mass is 610 g/mol. The molecule has 1 heterocycles. The highest BCUT2D eigenvalue weighted by Crippen LogP contribution is 2.35. The smallest absolute Gasteiger partial charge is 0.415 e. The number of allylic oxidation sites excluding steroid dienone is 8. The number of hydrogen-bond acceptors (Lipinski definition) is 7. The minimum Gasteiger partial charge on any atom is -0.508 e. The number of nitrogens with zero attached hydrogens (tertiary/aromatic N) is 1. The van der Waals surface area contributed by atoms with Gasteiger partial charge in [0.25, 0.3) is 0 Å². The summed E-state index contributed by atoms with van der Waals surface area (Å²) in [5.41, 5.74) is 8.54. The number of hydrogen-bond donors (Lipinski definition) is 2. The molecule has 0 aromatic heterocycles. The van der Waals surface area contributed by atoms with Gasteiger partial charge in [-0.2, -0.15) is 0 Å². The van der Waals surface area contributed by atoms with Crippen LogP contribution in [-0.2, 0) is 14.3 Å². The maximum atomic E-state index is 13.1. The van der Waals surface area contributed by atoms with Gasteiger partial charge >= 0.3 is 12.1 Å². The van der Waals surface area contributed by atoms with Gasteiger partial charge in [-0.3, -0.25) is 4.79 Å². The van der Waals surface area contributed by atoms with Crippen LogP contribution in [0.2, 0.25) is 0 Å². The number of amides is 1. The second-order valence-corrected chi connectivity index (χ2v) is 9.90. The molecule has 2 unspecified atom stereocenters. The minimum absolute atomic E-state index is 0.101. The van der Waals surface area contributed by atoms with Crippen LogP contribution in [0.1, 0.15) is 39.2 Å². The summed E-state index contributed by atoms with van der Waals surface area (Å²) in [6, 6.07) is 13.7. The molecule has 0 radical (unpaired) electrons. The molecule has 2 aromatic rings. The van der Waals surface area contributed by atoms with E-state index in [1.54, 1.807) is 54.5 Å². The van der Waals surface area contributed by atoms with Crippen LogP contribution in [0.5, 0.6) is 11.5 Å². The van der Waals surface area contributed by atoms with Crippen molar-refractivity contribution in [1.82, 2.24) is 4.90 Å². The van der Waals surface area contributed by atoms with Crippen molar-refractivity contribution in [3.8, 4) is 11.5 Å². The Labute approximate surface area is 265 Å². The van der Waals surface area contributed by atoms with Gasteiger partial charge in [0.15, 0.2) is 0 Å². The molecule has 8 heteroatoms. The van der Waals surface area contributed by atoms with Crippen molar-refractivity contribution in [3.05, 3.63) is 132 Å². The number of methoxy groups -OCH3 is 1. The lowest BCUT2D eigenvalue weighted by molar-refractivity contribution is -0.136. The third-order valence-corrected chi connectivity index (χ3v) is 6.84. The molecular weight excluding hydrogens is 568 g/mol. The number of anilines is 1. The number of benzene rings is 2. The van der Waals surface area contributed by atoms with E-state index in [4.69, 9.17) is 19.9 Å². The van der Waals surface area contributed by atoms with E-state index < -0.39 is 6.09 Å². The molecule has 3 aliphatic rings. The fraction of sp³-hybridized carbons (Fsp3) is 0.243. The van der Waals surface area contributed by atoms with Crippen molar-refractivity contribution in [1.29, 1.82) is 0 Å². The summed E-state index contributed by atoms with van der Waals surface area (Å²) in [5, 5.41) is 9.97. The van der Waals surface area contributed by atoms with E-state index in [1.807, 2.05) is 86.7 Å². The molecule has 1 amide bonds. The van der Waals surface area contributed by atoms with E-state index in [1.165, 1.54) is 6.92 Å². The largest absolute Gasteiger partial charge is 0.508 e. The normalized spacial score (nSPS) is 18.3. The van der Waals surface area contributed by atoms with Gasteiger partial charge in [0.05, 0.1) is 13.2 Å². The first-order valence-corrected chi connectivity index (χ1v) is 15.0. The number of rotatable bonds is 5.